The van der Waals surface area contributed by atoms with E-state index in [0.717, 1.165) is 12.1 Å². The van der Waals surface area contributed by atoms with Crippen molar-refractivity contribution in [2.75, 3.05) is 5.32 Å². The summed E-state index contributed by atoms with van der Waals surface area (Å²) in [6.07, 6.45) is 0.891. The fourth-order valence-electron chi connectivity index (χ4n) is 1.93. The van der Waals surface area contributed by atoms with E-state index < -0.39 is 17.1 Å². The van der Waals surface area contributed by atoms with Crippen LogP contribution in [0.2, 0.25) is 10.0 Å². The summed E-state index contributed by atoms with van der Waals surface area (Å²) in [5.41, 5.74) is 4.87. The number of carbonyl (C=O) groups excluding carboxylic acids is 1. The average molecular weight is 337 g/mol. The number of rotatable bonds is 5. The highest BCUT2D eigenvalue weighted by Crippen LogP contribution is 2.35. The zero-order valence-corrected chi connectivity index (χ0v) is 13.4. The van der Waals surface area contributed by atoms with E-state index in [-0.39, 0.29) is 20.7 Å². The van der Waals surface area contributed by atoms with Crippen molar-refractivity contribution >= 4 is 52.0 Å². The number of benzene rings is 1. The van der Waals surface area contributed by atoms with E-state index >= 15 is 0 Å². The van der Waals surface area contributed by atoms with Gasteiger partial charge in [0.25, 0.3) is 0 Å². The third-order valence-electron chi connectivity index (χ3n) is 3.36. The van der Waals surface area contributed by atoms with Gasteiger partial charge in [-0.1, -0.05) is 49.3 Å². The maximum absolute atomic E-state index is 13.1. The Labute approximate surface area is 132 Å². The molecular weight excluding hydrogens is 322 g/mol. The molecule has 20 heavy (non-hydrogen) atoms. The van der Waals surface area contributed by atoms with Gasteiger partial charge >= 0.3 is 0 Å². The van der Waals surface area contributed by atoms with E-state index in [1.807, 2.05) is 13.8 Å². The van der Waals surface area contributed by atoms with Crippen molar-refractivity contribution in [1.82, 2.24) is 0 Å². The van der Waals surface area contributed by atoms with Gasteiger partial charge in [-0.25, -0.2) is 4.39 Å². The van der Waals surface area contributed by atoms with Crippen LogP contribution < -0.4 is 11.1 Å². The van der Waals surface area contributed by atoms with Gasteiger partial charge in [0.2, 0.25) is 5.91 Å². The summed E-state index contributed by atoms with van der Waals surface area (Å²) in [6, 6.07) is 2.15. The lowest BCUT2D eigenvalue weighted by atomic mass is 9.81. The SMILES string of the molecule is CCC(CC)(C(=O)Nc1c(Cl)cc(F)cc1Cl)C(N)=S. The molecule has 7 heteroatoms. The first-order valence-corrected chi connectivity index (χ1v) is 7.20. The van der Waals surface area contributed by atoms with E-state index in [1.54, 1.807) is 0 Å². The number of halogens is 3. The zero-order chi connectivity index (χ0) is 15.5. The number of thiocarbonyl (C=S) groups is 1. The molecule has 3 nitrogen and oxygen atoms in total. The lowest BCUT2D eigenvalue weighted by molar-refractivity contribution is -0.122. The summed E-state index contributed by atoms with van der Waals surface area (Å²) < 4.78 is 13.1. The second-order valence-electron chi connectivity index (χ2n) is 4.35. The fraction of sp³-hybridized carbons (Fsp3) is 0.385. The Balaban J connectivity index is 3.16. The molecule has 0 aliphatic carbocycles. The van der Waals surface area contributed by atoms with Crippen molar-refractivity contribution in [3.05, 3.63) is 28.0 Å². The molecule has 0 unspecified atom stereocenters. The standard InChI is InChI=1S/C13H15Cl2FN2OS/c1-3-13(4-2,11(17)20)12(19)18-10-8(14)5-7(16)6-9(10)15/h5-6H,3-4H2,1-2H3,(H2,17,20)(H,18,19). The monoisotopic (exact) mass is 336 g/mol. The van der Waals surface area contributed by atoms with Gasteiger partial charge in [0.15, 0.2) is 0 Å². The number of carbonyl (C=O) groups is 1. The number of nitrogens with two attached hydrogens (primary N) is 1. The first-order valence-electron chi connectivity index (χ1n) is 6.04. The quantitative estimate of drug-likeness (QED) is 0.793. The summed E-state index contributed by atoms with van der Waals surface area (Å²) in [6.45, 7) is 3.63. The molecule has 0 aliphatic heterocycles. The first-order chi connectivity index (χ1) is 9.28. The largest absolute Gasteiger partial charge is 0.392 e. The molecule has 0 atom stereocenters. The van der Waals surface area contributed by atoms with Crippen LogP contribution in [0.25, 0.3) is 0 Å². The van der Waals surface area contributed by atoms with Gasteiger partial charge in [-0.05, 0) is 25.0 Å². The maximum Gasteiger partial charge on any atom is 0.237 e. The summed E-state index contributed by atoms with van der Waals surface area (Å²) in [5, 5.41) is 2.63. The summed E-state index contributed by atoms with van der Waals surface area (Å²) in [7, 11) is 0. The molecule has 1 rings (SSSR count). The third-order valence-corrected chi connectivity index (χ3v) is 4.35. The van der Waals surface area contributed by atoms with Crippen LogP contribution in [0.5, 0.6) is 0 Å². The molecule has 0 heterocycles. The molecule has 0 bridgehead atoms. The molecule has 0 fully saturated rings. The second-order valence-corrected chi connectivity index (χ2v) is 5.61. The van der Waals surface area contributed by atoms with Gasteiger partial charge in [0, 0.05) is 0 Å². The molecule has 0 aliphatic rings. The molecule has 0 saturated heterocycles. The molecule has 3 N–H and O–H groups in total. The van der Waals surface area contributed by atoms with Crippen LogP contribution in [0.4, 0.5) is 10.1 Å². The molecule has 0 aromatic heterocycles. The number of anilines is 1. The molecule has 110 valence electrons. The van der Waals surface area contributed by atoms with Gasteiger partial charge in [0.05, 0.1) is 26.1 Å². The highest BCUT2D eigenvalue weighted by Gasteiger charge is 2.38. The van der Waals surface area contributed by atoms with Gasteiger partial charge in [-0.3, -0.25) is 4.79 Å². The van der Waals surface area contributed by atoms with Gasteiger partial charge < -0.3 is 11.1 Å². The minimum atomic E-state index is -0.976. The average Bonchev–Trinajstić information content (AvgIpc) is 2.35. The van der Waals surface area contributed by atoms with E-state index in [9.17, 15) is 9.18 Å². The lowest BCUT2D eigenvalue weighted by Gasteiger charge is -2.29. The van der Waals surface area contributed by atoms with Crippen molar-refractivity contribution in [2.45, 2.75) is 26.7 Å². The summed E-state index contributed by atoms with van der Waals surface area (Å²) in [4.78, 5) is 12.5. The van der Waals surface area contributed by atoms with Gasteiger partial charge in [-0.2, -0.15) is 0 Å². The molecule has 0 spiro atoms. The smallest absolute Gasteiger partial charge is 0.237 e. The third kappa shape index (κ3) is 3.22. The van der Waals surface area contributed by atoms with E-state index in [2.05, 4.69) is 5.32 Å². The second kappa shape index (κ2) is 6.70. The molecule has 0 saturated carbocycles. The molecule has 1 aromatic carbocycles. The predicted molar refractivity (Wildman–Crippen MR) is 84.9 cm³/mol. The molecule has 1 amide bonds. The Morgan fingerprint density at radius 1 is 1.35 bits per heavy atom. The van der Waals surface area contributed by atoms with E-state index in [1.165, 1.54) is 0 Å². The predicted octanol–water partition coefficient (Wildman–Crippen LogP) is 4.16. The highest BCUT2D eigenvalue weighted by molar-refractivity contribution is 7.80. The van der Waals surface area contributed by atoms with Crippen LogP contribution in [0.15, 0.2) is 12.1 Å². The number of nitrogens with one attached hydrogen (secondary N) is 1. The minimum absolute atomic E-state index is 0.0207. The Hall–Kier alpha value is -0.910. The maximum atomic E-state index is 13.1. The van der Waals surface area contributed by atoms with Gasteiger partial charge in [-0.15, -0.1) is 0 Å². The molecule has 1 aromatic rings. The van der Waals surface area contributed by atoms with Gasteiger partial charge in [0.1, 0.15) is 5.82 Å². The van der Waals surface area contributed by atoms with Crippen LogP contribution >= 0.6 is 35.4 Å². The number of hydrogen-bond acceptors (Lipinski definition) is 2. The Morgan fingerprint density at radius 3 is 2.15 bits per heavy atom. The number of hydrogen-bond donors (Lipinski definition) is 2. The van der Waals surface area contributed by atoms with Crippen LogP contribution in [-0.2, 0) is 4.79 Å². The van der Waals surface area contributed by atoms with Crippen molar-refractivity contribution in [3.8, 4) is 0 Å². The molecule has 0 radical (unpaired) electrons. The summed E-state index contributed by atoms with van der Waals surface area (Å²) in [5.74, 6) is -0.977. The summed E-state index contributed by atoms with van der Waals surface area (Å²) >= 11 is 16.8. The van der Waals surface area contributed by atoms with E-state index in [4.69, 9.17) is 41.2 Å². The normalized spacial score (nSPS) is 11.2. The van der Waals surface area contributed by atoms with Crippen molar-refractivity contribution in [1.29, 1.82) is 0 Å². The van der Waals surface area contributed by atoms with Crippen molar-refractivity contribution in [2.24, 2.45) is 11.1 Å². The Kier molecular flexibility index (Phi) is 5.74. The van der Waals surface area contributed by atoms with Crippen LogP contribution in [0.3, 0.4) is 0 Å². The van der Waals surface area contributed by atoms with Crippen LogP contribution in [0.1, 0.15) is 26.7 Å². The highest BCUT2D eigenvalue weighted by atomic mass is 35.5. The van der Waals surface area contributed by atoms with Crippen LogP contribution in [-0.4, -0.2) is 10.9 Å². The first kappa shape index (κ1) is 17.1. The lowest BCUT2D eigenvalue weighted by Crippen LogP contribution is -2.45. The van der Waals surface area contributed by atoms with E-state index in [0.29, 0.717) is 12.8 Å². The zero-order valence-electron chi connectivity index (χ0n) is 11.1. The Bertz CT molecular complexity index is 524. The fourth-order valence-corrected chi connectivity index (χ4v) is 2.86. The topological polar surface area (TPSA) is 55.1 Å². The van der Waals surface area contributed by atoms with Crippen molar-refractivity contribution in [3.63, 3.8) is 0 Å². The Morgan fingerprint density at radius 2 is 1.80 bits per heavy atom. The van der Waals surface area contributed by atoms with Crippen molar-refractivity contribution < 1.29 is 9.18 Å². The van der Waals surface area contributed by atoms with Crippen LogP contribution in [0, 0.1) is 11.2 Å². The number of amides is 1. The molecular formula is C13H15Cl2FN2OS. The minimum Gasteiger partial charge on any atom is -0.392 e.